The Kier molecular flexibility index (Phi) is 11.0. The molecule has 41 heavy (non-hydrogen) atoms. The number of hydrogen-bond acceptors (Lipinski definition) is 6. The van der Waals surface area contributed by atoms with E-state index in [1.54, 1.807) is 16.4 Å². The molecule has 0 aliphatic carbocycles. The van der Waals surface area contributed by atoms with Crippen molar-refractivity contribution in [2.75, 3.05) is 44.1 Å². The van der Waals surface area contributed by atoms with Gasteiger partial charge in [0.2, 0.25) is 0 Å². The first-order valence-electron chi connectivity index (χ1n) is 13.0. The maximum Gasteiger partial charge on any atom is 0.345 e. The number of fused-ring (bicyclic) bond motifs is 1. The van der Waals surface area contributed by atoms with Crippen molar-refractivity contribution in [1.82, 2.24) is 15.6 Å². The molecule has 8 nitrogen and oxygen atoms in total. The quantitative estimate of drug-likeness (QED) is 0.243. The number of aromatic nitrogens is 1. The first kappa shape index (κ1) is 31.3. The van der Waals surface area contributed by atoms with Crippen molar-refractivity contribution in [1.29, 1.82) is 0 Å². The summed E-state index contributed by atoms with van der Waals surface area (Å²) in [6, 6.07) is 22.7. The molecule has 0 spiro atoms. The number of rotatable bonds is 6. The average Bonchev–Trinajstić information content (AvgIpc) is 3.00. The fourth-order valence-corrected chi connectivity index (χ4v) is 4.94. The zero-order chi connectivity index (χ0) is 28.6. The molecule has 1 aliphatic rings. The van der Waals surface area contributed by atoms with E-state index in [1.807, 2.05) is 59.5 Å². The van der Waals surface area contributed by atoms with E-state index in [0.29, 0.717) is 49.5 Å². The molecule has 216 valence electrons. The molecule has 1 aliphatic heterocycles. The number of alkyl halides is 1. The number of nitrogens with zero attached hydrogens (tertiary/aromatic N) is 3. The van der Waals surface area contributed by atoms with Crippen LogP contribution in [0.15, 0.2) is 83.7 Å². The van der Waals surface area contributed by atoms with Crippen LogP contribution in [0.1, 0.15) is 33.2 Å². The molecule has 3 aromatic carbocycles. The molecule has 0 atom stereocenters. The lowest BCUT2D eigenvalue weighted by Gasteiger charge is -2.37. The molecule has 1 saturated heterocycles. The molecule has 0 saturated carbocycles. The number of pyridine rings is 1. The van der Waals surface area contributed by atoms with Gasteiger partial charge in [-0.25, -0.2) is 9.18 Å². The van der Waals surface area contributed by atoms with Crippen LogP contribution in [-0.4, -0.2) is 60.5 Å². The van der Waals surface area contributed by atoms with Crippen molar-refractivity contribution >= 4 is 40.1 Å². The second-order valence-electron chi connectivity index (χ2n) is 9.12. The number of hydrogen-bond donors (Lipinski definition) is 1. The molecule has 3 N–H and O–H groups in total. The first-order valence-corrected chi connectivity index (χ1v) is 13.8. The van der Waals surface area contributed by atoms with Gasteiger partial charge < -0.3 is 25.3 Å². The molecule has 1 aromatic heterocycles. The summed E-state index contributed by atoms with van der Waals surface area (Å²) in [5.41, 5.74) is 2.19. The Morgan fingerprint density at radius 2 is 1.49 bits per heavy atom. The summed E-state index contributed by atoms with van der Waals surface area (Å²) in [6.07, 6.45) is 1.47. The van der Waals surface area contributed by atoms with Gasteiger partial charge in [0.25, 0.3) is 11.5 Å². The Morgan fingerprint density at radius 3 is 2.12 bits per heavy atom. The number of amides is 1. The summed E-state index contributed by atoms with van der Waals surface area (Å²) in [6.45, 7) is 3.79. The van der Waals surface area contributed by atoms with Gasteiger partial charge in [-0.15, -0.1) is 11.6 Å². The minimum absolute atomic E-state index is 0. The monoisotopic (exact) mass is 580 g/mol. The van der Waals surface area contributed by atoms with E-state index in [-0.39, 0.29) is 24.2 Å². The maximum atomic E-state index is 13.9. The highest BCUT2D eigenvalue weighted by Crippen LogP contribution is 2.31. The van der Waals surface area contributed by atoms with Crippen LogP contribution >= 0.6 is 11.6 Å². The maximum absolute atomic E-state index is 13.9. The molecule has 0 unspecified atom stereocenters. The van der Waals surface area contributed by atoms with Gasteiger partial charge in [-0.2, -0.15) is 0 Å². The van der Waals surface area contributed by atoms with E-state index >= 15 is 0 Å². The van der Waals surface area contributed by atoms with Crippen molar-refractivity contribution in [3.63, 3.8) is 0 Å². The summed E-state index contributed by atoms with van der Waals surface area (Å²) in [4.78, 5) is 43.7. The third-order valence-electron chi connectivity index (χ3n) is 6.78. The van der Waals surface area contributed by atoms with E-state index in [9.17, 15) is 18.8 Å². The van der Waals surface area contributed by atoms with Gasteiger partial charge in [0.05, 0.1) is 24.4 Å². The number of esters is 1. The van der Waals surface area contributed by atoms with Crippen molar-refractivity contribution in [3.05, 3.63) is 112 Å². The van der Waals surface area contributed by atoms with Gasteiger partial charge in [0.1, 0.15) is 11.4 Å². The fourth-order valence-electron chi connectivity index (χ4n) is 4.94. The van der Waals surface area contributed by atoms with E-state index in [4.69, 9.17) is 4.74 Å². The zero-order valence-electron chi connectivity index (χ0n) is 23.2. The van der Waals surface area contributed by atoms with Crippen LogP contribution in [0.4, 0.5) is 10.1 Å². The minimum atomic E-state index is -0.662. The minimum Gasteiger partial charge on any atom is -0.462 e. The van der Waals surface area contributed by atoms with E-state index in [0.717, 1.165) is 10.9 Å². The van der Waals surface area contributed by atoms with Gasteiger partial charge >= 0.3 is 5.97 Å². The third kappa shape index (κ3) is 6.75. The SMILES string of the molecule is CCOC(=O)c1c(N2CCN(C(=O)c3ccc(F)cc3)CC2)c2ccccc2n(Cc2ccccc2)c1=O.CCl.N. The Hall–Kier alpha value is -4.21. The largest absolute Gasteiger partial charge is 0.462 e. The Morgan fingerprint density at radius 1 is 0.878 bits per heavy atom. The number of halogens is 2. The summed E-state index contributed by atoms with van der Waals surface area (Å²) >= 11 is 4.64. The fraction of sp³-hybridized carbons (Fsp3) is 0.258. The number of carbonyl (C=O) groups is 2. The van der Waals surface area contributed by atoms with Crippen LogP contribution in [0.2, 0.25) is 0 Å². The van der Waals surface area contributed by atoms with Gasteiger partial charge in [-0.3, -0.25) is 9.59 Å². The lowest BCUT2D eigenvalue weighted by Crippen LogP contribution is -2.49. The van der Waals surface area contributed by atoms with Crippen LogP contribution < -0.4 is 16.6 Å². The van der Waals surface area contributed by atoms with Gasteiger partial charge in [0, 0.05) is 43.5 Å². The number of benzene rings is 3. The second kappa shape index (κ2) is 14.4. The van der Waals surface area contributed by atoms with Gasteiger partial charge in [-0.05, 0) is 42.8 Å². The van der Waals surface area contributed by atoms with E-state index in [1.165, 1.54) is 30.6 Å². The molecule has 1 amide bonds. The standard InChI is InChI=1S/C30H28FN3O4.CH3Cl.H3N/c1-2-38-30(37)26-27(32-16-18-33(19-17-32)28(35)22-12-14-23(31)15-13-22)24-10-6-7-11-25(24)34(29(26)36)20-21-8-4-3-5-9-21;1-2;/h3-15H,2,16-20H2,1H3;1H3;1H3. The summed E-state index contributed by atoms with van der Waals surface area (Å²) in [5.74, 6) is -1.24. The number of para-hydroxylation sites is 1. The molecule has 0 bridgehead atoms. The highest BCUT2D eigenvalue weighted by atomic mass is 35.5. The number of carbonyl (C=O) groups excluding carboxylic acids is 2. The molecule has 0 radical (unpaired) electrons. The first-order chi connectivity index (χ1) is 19.5. The second-order valence-corrected chi connectivity index (χ2v) is 9.12. The van der Waals surface area contributed by atoms with Crippen LogP contribution in [0.5, 0.6) is 0 Å². The Labute approximate surface area is 243 Å². The van der Waals surface area contributed by atoms with Crippen molar-refractivity contribution in [2.24, 2.45) is 0 Å². The molecular weight excluding hydrogens is 547 g/mol. The Balaban J connectivity index is 0.00000151. The number of anilines is 1. The summed E-state index contributed by atoms with van der Waals surface area (Å²) < 4.78 is 20.3. The normalized spacial score (nSPS) is 12.7. The smallest absolute Gasteiger partial charge is 0.345 e. The predicted molar refractivity (Wildman–Crippen MR) is 161 cm³/mol. The van der Waals surface area contributed by atoms with E-state index < -0.39 is 17.3 Å². The number of ether oxygens (including phenoxy) is 1. The lowest BCUT2D eigenvalue weighted by molar-refractivity contribution is 0.0523. The van der Waals surface area contributed by atoms with Crippen molar-refractivity contribution in [3.8, 4) is 0 Å². The van der Waals surface area contributed by atoms with Gasteiger partial charge in [-0.1, -0.05) is 48.5 Å². The Bertz CT molecular complexity index is 1540. The van der Waals surface area contributed by atoms with Crippen LogP contribution in [-0.2, 0) is 11.3 Å². The highest BCUT2D eigenvalue weighted by molar-refractivity contribution is 6.15. The van der Waals surface area contributed by atoms with Crippen molar-refractivity contribution in [2.45, 2.75) is 13.5 Å². The molecule has 5 rings (SSSR count). The average molecular weight is 581 g/mol. The van der Waals surface area contributed by atoms with Crippen LogP contribution in [0.3, 0.4) is 0 Å². The van der Waals surface area contributed by atoms with Crippen LogP contribution in [0, 0.1) is 5.82 Å². The highest BCUT2D eigenvalue weighted by Gasteiger charge is 2.30. The molecule has 10 heteroatoms. The molecule has 4 aromatic rings. The summed E-state index contributed by atoms with van der Waals surface area (Å²) in [5, 5.41) is 0.768. The predicted octanol–water partition coefficient (Wildman–Crippen LogP) is 5.35. The third-order valence-corrected chi connectivity index (χ3v) is 6.78. The zero-order valence-corrected chi connectivity index (χ0v) is 23.9. The van der Waals surface area contributed by atoms with Gasteiger partial charge in [0.15, 0.2) is 0 Å². The lowest BCUT2D eigenvalue weighted by atomic mass is 10.0. The number of piperazine rings is 1. The topological polar surface area (TPSA) is 107 Å². The van der Waals surface area contributed by atoms with Crippen molar-refractivity contribution < 1.29 is 18.7 Å². The molecule has 1 fully saturated rings. The summed E-state index contributed by atoms with van der Waals surface area (Å²) in [7, 11) is 0. The molecular formula is C31H34ClFN4O4. The van der Waals surface area contributed by atoms with Crippen LogP contribution in [0.25, 0.3) is 10.9 Å². The molecule has 2 heterocycles. The van der Waals surface area contributed by atoms with E-state index in [2.05, 4.69) is 11.6 Å².